The third-order valence-electron chi connectivity index (χ3n) is 4.13. The van der Waals surface area contributed by atoms with Crippen LogP contribution in [0.15, 0.2) is 18.2 Å². The molecule has 0 spiro atoms. The van der Waals surface area contributed by atoms with Gasteiger partial charge < -0.3 is 20.5 Å². The molecule has 22 heavy (non-hydrogen) atoms. The number of para-hydroxylation sites is 1. The third kappa shape index (κ3) is 4.52. The molecule has 0 radical (unpaired) electrons. The number of nitrogens with one attached hydrogen (secondary N) is 1. The van der Waals surface area contributed by atoms with Gasteiger partial charge in [0.25, 0.3) is 0 Å². The maximum Gasteiger partial charge on any atom is 0.220 e. The van der Waals surface area contributed by atoms with E-state index in [0.29, 0.717) is 30.4 Å². The summed E-state index contributed by atoms with van der Waals surface area (Å²) >= 11 is 0. The van der Waals surface area contributed by atoms with Crippen molar-refractivity contribution < 1.29 is 14.3 Å². The maximum absolute atomic E-state index is 12.0. The van der Waals surface area contributed by atoms with E-state index in [4.69, 9.17) is 15.2 Å². The minimum atomic E-state index is 0. The Balaban J connectivity index is 0.00000242. The molecule has 0 aromatic heterocycles. The predicted molar refractivity (Wildman–Crippen MR) is 88.6 cm³/mol. The van der Waals surface area contributed by atoms with Crippen molar-refractivity contribution in [1.29, 1.82) is 0 Å². The van der Waals surface area contributed by atoms with Crippen molar-refractivity contribution in [2.45, 2.75) is 38.3 Å². The number of carbonyl (C=O) groups excluding carboxylic acids is 1. The van der Waals surface area contributed by atoms with Gasteiger partial charge in [-0.15, -0.1) is 12.4 Å². The molecule has 1 fully saturated rings. The number of hydrogen-bond acceptors (Lipinski definition) is 4. The zero-order chi connectivity index (χ0) is 15.2. The fourth-order valence-corrected chi connectivity index (χ4v) is 2.92. The summed E-state index contributed by atoms with van der Waals surface area (Å²) in [5.41, 5.74) is 6.91. The summed E-state index contributed by atoms with van der Waals surface area (Å²) in [6, 6.07) is 5.81. The van der Waals surface area contributed by atoms with Crippen LogP contribution in [0.25, 0.3) is 0 Å². The van der Waals surface area contributed by atoms with Crippen LogP contribution in [0.1, 0.15) is 31.2 Å². The molecule has 2 atom stereocenters. The van der Waals surface area contributed by atoms with Crippen LogP contribution in [0, 0.1) is 5.92 Å². The lowest BCUT2D eigenvalue weighted by atomic mass is 10.00. The van der Waals surface area contributed by atoms with Crippen LogP contribution in [0.5, 0.6) is 11.5 Å². The Morgan fingerprint density at radius 1 is 1.32 bits per heavy atom. The number of halogens is 1. The van der Waals surface area contributed by atoms with Crippen LogP contribution in [-0.4, -0.2) is 26.2 Å². The van der Waals surface area contributed by atoms with Crippen LogP contribution >= 0.6 is 12.4 Å². The van der Waals surface area contributed by atoms with E-state index in [2.05, 4.69) is 5.32 Å². The number of hydrogen-bond donors (Lipinski definition) is 2. The predicted octanol–water partition coefficient (Wildman–Crippen LogP) is 2.26. The van der Waals surface area contributed by atoms with Crippen LogP contribution in [0.2, 0.25) is 0 Å². The van der Waals surface area contributed by atoms with Gasteiger partial charge in [-0.1, -0.05) is 18.6 Å². The summed E-state index contributed by atoms with van der Waals surface area (Å²) in [5.74, 6) is 1.69. The van der Waals surface area contributed by atoms with Crippen LogP contribution in [0.3, 0.4) is 0 Å². The number of nitrogens with two attached hydrogens (primary N) is 1. The minimum absolute atomic E-state index is 0. The Labute approximate surface area is 138 Å². The molecule has 0 heterocycles. The minimum Gasteiger partial charge on any atom is -0.493 e. The largest absolute Gasteiger partial charge is 0.493 e. The molecule has 1 aliphatic rings. The topological polar surface area (TPSA) is 73.6 Å². The van der Waals surface area contributed by atoms with E-state index in [-0.39, 0.29) is 24.4 Å². The molecular weight excluding hydrogens is 304 g/mol. The number of rotatable bonds is 6. The van der Waals surface area contributed by atoms with Gasteiger partial charge >= 0.3 is 0 Å². The van der Waals surface area contributed by atoms with Gasteiger partial charge in [-0.2, -0.15) is 0 Å². The van der Waals surface area contributed by atoms with Gasteiger partial charge in [0.2, 0.25) is 5.91 Å². The third-order valence-corrected chi connectivity index (χ3v) is 4.13. The molecular formula is C16H25ClN2O3. The van der Waals surface area contributed by atoms with E-state index in [1.807, 2.05) is 18.2 Å². The van der Waals surface area contributed by atoms with Crippen molar-refractivity contribution in [3.8, 4) is 11.5 Å². The lowest BCUT2D eigenvalue weighted by molar-refractivity contribution is -0.122. The zero-order valence-electron chi connectivity index (χ0n) is 13.1. The second-order valence-corrected chi connectivity index (χ2v) is 5.49. The van der Waals surface area contributed by atoms with Gasteiger partial charge in [0.05, 0.1) is 14.2 Å². The molecule has 124 valence electrons. The van der Waals surface area contributed by atoms with Gasteiger partial charge in [0, 0.05) is 24.6 Å². The molecule has 0 saturated heterocycles. The first-order valence-corrected chi connectivity index (χ1v) is 7.37. The van der Waals surface area contributed by atoms with Crippen molar-refractivity contribution >= 4 is 18.3 Å². The number of methoxy groups -OCH3 is 2. The summed E-state index contributed by atoms with van der Waals surface area (Å²) in [4.78, 5) is 12.0. The van der Waals surface area contributed by atoms with Gasteiger partial charge in [-0.25, -0.2) is 0 Å². The Morgan fingerprint density at radius 2 is 2.09 bits per heavy atom. The lowest BCUT2D eigenvalue weighted by Crippen LogP contribution is -2.31. The van der Waals surface area contributed by atoms with Gasteiger partial charge in [0.1, 0.15) is 0 Å². The smallest absolute Gasteiger partial charge is 0.220 e. The first-order chi connectivity index (χ1) is 10.2. The first kappa shape index (κ1) is 18.6. The molecule has 1 saturated carbocycles. The second kappa shape index (κ2) is 8.86. The fourth-order valence-electron chi connectivity index (χ4n) is 2.92. The molecule has 0 bridgehead atoms. The van der Waals surface area contributed by atoms with E-state index in [0.717, 1.165) is 24.8 Å². The van der Waals surface area contributed by atoms with Crippen LogP contribution < -0.4 is 20.5 Å². The lowest BCUT2D eigenvalue weighted by Gasteiger charge is -2.16. The fraction of sp³-hybridized carbons (Fsp3) is 0.562. The summed E-state index contributed by atoms with van der Waals surface area (Å²) < 4.78 is 10.6. The maximum atomic E-state index is 12.0. The quantitative estimate of drug-likeness (QED) is 0.840. The highest BCUT2D eigenvalue weighted by atomic mass is 35.5. The van der Waals surface area contributed by atoms with Crippen molar-refractivity contribution in [3.05, 3.63) is 23.8 Å². The average Bonchev–Trinajstić information content (AvgIpc) is 2.89. The monoisotopic (exact) mass is 328 g/mol. The first-order valence-electron chi connectivity index (χ1n) is 7.37. The second-order valence-electron chi connectivity index (χ2n) is 5.49. The highest BCUT2D eigenvalue weighted by Crippen LogP contribution is 2.31. The molecule has 1 aliphatic carbocycles. The molecule has 3 N–H and O–H groups in total. The molecule has 0 unspecified atom stereocenters. The average molecular weight is 329 g/mol. The molecule has 1 amide bonds. The Kier molecular flexibility index (Phi) is 7.48. The SMILES string of the molecule is COc1cccc(CNC(=O)C[C@@H]2CCC[C@H]2N)c1OC.Cl. The van der Waals surface area contributed by atoms with E-state index in [1.54, 1.807) is 14.2 Å². The van der Waals surface area contributed by atoms with Gasteiger partial charge in [-0.05, 0) is 24.8 Å². The number of carbonyl (C=O) groups is 1. The summed E-state index contributed by atoms with van der Waals surface area (Å²) in [7, 11) is 3.20. The number of ether oxygens (including phenoxy) is 2. The Bertz CT molecular complexity index is 496. The van der Waals surface area contributed by atoms with E-state index >= 15 is 0 Å². The van der Waals surface area contributed by atoms with Crippen molar-refractivity contribution in [1.82, 2.24) is 5.32 Å². The normalized spacial score (nSPS) is 20.1. The van der Waals surface area contributed by atoms with E-state index in [9.17, 15) is 4.79 Å². The van der Waals surface area contributed by atoms with Crippen molar-refractivity contribution in [3.63, 3.8) is 0 Å². The number of benzene rings is 1. The Hall–Kier alpha value is -1.46. The van der Waals surface area contributed by atoms with Crippen LogP contribution in [-0.2, 0) is 11.3 Å². The summed E-state index contributed by atoms with van der Waals surface area (Å²) in [6.07, 6.45) is 3.72. The van der Waals surface area contributed by atoms with E-state index < -0.39 is 0 Å². The Morgan fingerprint density at radius 3 is 2.68 bits per heavy atom. The molecule has 6 heteroatoms. The molecule has 1 aromatic rings. The van der Waals surface area contributed by atoms with Crippen molar-refractivity contribution in [2.24, 2.45) is 11.7 Å². The molecule has 5 nitrogen and oxygen atoms in total. The van der Waals surface area contributed by atoms with Gasteiger partial charge in [0.15, 0.2) is 11.5 Å². The molecule has 0 aliphatic heterocycles. The standard InChI is InChI=1S/C16H24N2O3.ClH/c1-20-14-8-4-6-12(16(14)21-2)10-18-15(19)9-11-5-3-7-13(11)17;/h4,6,8,11,13H,3,5,7,9-10,17H2,1-2H3,(H,18,19);1H/t11-,13+;/m0./s1. The van der Waals surface area contributed by atoms with Crippen LogP contribution in [0.4, 0.5) is 0 Å². The van der Waals surface area contributed by atoms with Crippen molar-refractivity contribution in [2.75, 3.05) is 14.2 Å². The van der Waals surface area contributed by atoms with E-state index in [1.165, 1.54) is 0 Å². The molecule has 2 rings (SSSR count). The molecule has 1 aromatic carbocycles. The van der Waals surface area contributed by atoms with Gasteiger partial charge in [-0.3, -0.25) is 4.79 Å². The highest BCUT2D eigenvalue weighted by molar-refractivity contribution is 5.85. The highest BCUT2D eigenvalue weighted by Gasteiger charge is 2.26. The summed E-state index contributed by atoms with van der Waals surface area (Å²) in [6.45, 7) is 0.432. The summed E-state index contributed by atoms with van der Waals surface area (Å²) in [5, 5.41) is 2.94. The zero-order valence-corrected chi connectivity index (χ0v) is 13.9. The number of amides is 1.